The Morgan fingerprint density at radius 1 is 1.50 bits per heavy atom. The number of pyridine rings is 1. The van der Waals surface area contributed by atoms with Gasteiger partial charge in [-0.05, 0) is 23.4 Å². The third-order valence-corrected chi connectivity index (χ3v) is 3.04. The number of tetrazole rings is 1. The molecule has 0 aromatic carbocycles. The number of aliphatic hydroxyl groups is 1. The van der Waals surface area contributed by atoms with Gasteiger partial charge >= 0.3 is 0 Å². The number of aliphatic hydroxyl groups excluding tert-OH is 1. The zero-order valence-electron chi connectivity index (χ0n) is 8.58. The van der Waals surface area contributed by atoms with Crippen LogP contribution < -0.4 is 0 Å². The summed E-state index contributed by atoms with van der Waals surface area (Å²) >= 11 is 2.14. The molecule has 1 unspecified atom stereocenters. The second kappa shape index (κ2) is 4.83. The summed E-state index contributed by atoms with van der Waals surface area (Å²) in [5.41, 5.74) is 1.63. The second-order valence-corrected chi connectivity index (χ2v) is 4.15. The van der Waals surface area contributed by atoms with Gasteiger partial charge in [0, 0.05) is 15.7 Å². The van der Waals surface area contributed by atoms with Crippen LogP contribution in [0.2, 0.25) is 0 Å². The van der Waals surface area contributed by atoms with Crippen molar-refractivity contribution in [1.82, 2.24) is 25.2 Å². The van der Waals surface area contributed by atoms with Crippen LogP contribution in [-0.4, -0.2) is 34.7 Å². The summed E-state index contributed by atoms with van der Waals surface area (Å²) in [4.78, 5) is 4.34. The van der Waals surface area contributed by atoms with Crippen LogP contribution in [0.5, 0.6) is 0 Å². The molecule has 0 aliphatic carbocycles. The van der Waals surface area contributed by atoms with Crippen molar-refractivity contribution in [3.8, 4) is 5.82 Å². The highest BCUT2D eigenvalue weighted by atomic mass is 127. The van der Waals surface area contributed by atoms with Crippen LogP contribution in [0.25, 0.3) is 5.82 Å². The summed E-state index contributed by atoms with van der Waals surface area (Å²) in [7, 11) is 0. The molecule has 0 spiro atoms. The van der Waals surface area contributed by atoms with Crippen molar-refractivity contribution in [2.24, 2.45) is 0 Å². The molecule has 84 valence electrons. The lowest BCUT2D eigenvalue weighted by Crippen LogP contribution is -2.06. The predicted octanol–water partition coefficient (Wildman–Crippen LogP) is 0.834. The average molecular weight is 331 g/mol. The van der Waals surface area contributed by atoms with E-state index in [0.717, 1.165) is 11.3 Å². The number of nitrogens with zero attached hydrogens (tertiary/aromatic N) is 5. The first kappa shape index (κ1) is 11.4. The van der Waals surface area contributed by atoms with E-state index in [1.807, 2.05) is 13.0 Å². The van der Waals surface area contributed by atoms with Crippen LogP contribution in [0.15, 0.2) is 18.5 Å². The van der Waals surface area contributed by atoms with Crippen LogP contribution in [0.3, 0.4) is 0 Å². The van der Waals surface area contributed by atoms with Gasteiger partial charge < -0.3 is 5.11 Å². The SMILES string of the molecule is Cc1nc(-n2cnnn2)ccc1C(O)CI. The summed E-state index contributed by atoms with van der Waals surface area (Å²) in [6.45, 7) is 1.86. The number of hydrogen-bond acceptors (Lipinski definition) is 5. The van der Waals surface area contributed by atoms with E-state index < -0.39 is 6.10 Å². The van der Waals surface area contributed by atoms with E-state index in [0.29, 0.717) is 10.2 Å². The Labute approximate surface area is 106 Å². The first-order valence-electron chi connectivity index (χ1n) is 4.67. The van der Waals surface area contributed by atoms with E-state index in [9.17, 15) is 5.11 Å². The Morgan fingerprint density at radius 2 is 2.31 bits per heavy atom. The van der Waals surface area contributed by atoms with E-state index in [1.165, 1.54) is 11.0 Å². The van der Waals surface area contributed by atoms with Crippen molar-refractivity contribution in [3.05, 3.63) is 29.7 Å². The molecule has 0 fully saturated rings. The highest BCUT2D eigenvalue weighted by Gasteiger charge is 2.11. The lowest BCUT2D eigenvalue weighted by molar-refractivity contribution is 0.206. The fourth-order valence-electron chi connectivity index (χ4n) is 1.39. The molecule has 0 saturated heterocycles. The maximum atomic E-state index is 9.74. The van der Waals surface area contributed by atoms with E-state index in [2.05, 4.69) is 43.1 Å². The van der Waals surface area contributed by atoms with Gasteiger partial charge in [-0.1, -0.05) is 28.7 Å². The van der Waals surface area contributed by atoms with Gasteiger partial charge in [-0.25, -0.2) is 4.98 Å². The summed E-state index contributed by atoms with van der Waals surface area (Å²) in [6.07, 6.45) is 1.01. The van der Waals surface area contributed by atoms with Gasteiger partial charge in [0.05, 0.1) is 6.10 Å². The van der Waals surface area contributed by atoms with Crippen molar-refractivity contribution in [3.63, 3.8) is 0 Å². The monoisotopic (exact) mass is 331 g/mol. The zero-order valence-corrected chi connectivity index (χ0v) is 10.7. The second-order valence-electron chi connectivity index (χ2n) is 3.27. The van der Waals surface area contributed by atoms with Gasteiger partial charge in [-0.2, -0.15) is 4.68 Å². The van der Waals surface area contributed by atoms with E-state index in [1.54, 1.807) is 6.07 Å². The van der Waals surface area contributed by atoms with Gasteiger partial charge in [-0.3, -0.25) is 0 Å². The lowest BCUT2D eigenvalue weighted by atomic mass is 10.1. The third-order valence-electron chi connectivity index (χ3n) is 2.20. The molecule has 6 nitrogen and oxygen atoms in total. The Bertz CT molecular complexity index is 473. The maximum absolute atomic E-state index is 9.74. The molecule has 2 aromatic rings. The van der Waals surface area contributed by atoms with Gasteiger partial charge in [-0.15, -0.1) is 5.10 Å². The van der Waals surface area contributed by atoms with E-state index in [4.69, 9.17) is 0 Å². The molecular formula is C9H10IN5O. The summed E-state index contributed by atoms with van der Waals surface area (Å²) in [5.74, 6) is 0.645. The van der Waals surface area contributed by atoms with E-state index >= 15 is 0 Å². The highest BCUT2D eigenvalue weighted by molar-refractivity contribution is 14.1. The van der Waals surface area contributed by atoms with Gasteiger partial charge in [0.2, 0.25) is 0 Å². The molecule has 0 radical (unpaired) electrons. The standard InChI is InChI=1S/C9H10IN5O/c1-6-7(8(16)4-10)2-3-9(12-6)15-5-11-13-14-15/h2-3,5,8,16H,4H2,1H3. The van der Waals surface area contributed by atoms with Gasteiger partial charge in [0.15, 0.2) is 5.82 Å². The number of hydrogen-bond donors (Lipinski definition) is 1. The van der Waals surface area contributed by atoms with Crippen molar-refractivity contribution in [2.45, 2.75) is 13.0 Å². The number of alkyl halides is 1. The fourth-order valence-corrected chi connectivity index (χ4v) is 1.86. The molecule has 0 aliphatic rings. The minimum Gasteiger partial charge on any atom is -0.388 e. The molecule has 1 atom stereocenters. The van der Waals surface area contributed by atoms with Gasteiger partial charge in [0.25, 0.3) is 0 Å². The number of rotatable bonds is 3. The Hall–Kier alpha value is -1.09. The molecule has 0 saturated carbocycles. The largest absolute Gasteiger partial charge is 0.388 e. The molecule has 0 aliphatic heterocycles. The Morgan fingerprint density at radius 3 is 2.88 bits per heavy atom. The van der Waals surface area contributed by atoms with Crippen LogP contribution in [-0.2, 0) is 0 Å². The normalized spacial score (nSPS) is 12.7. The highest BCUT2D eigenvalue weighted by Crippen LogP contribution is 2.19. The van der Waals surface area contributed by atoms with Crippen molar-refractivity contribution < 1.29 is 5.11 Å². The molecule has 2 heterocycles. The van der Waals surface area contributed by atoms with Crippen molar-refractivity contribution in [2.75, 3.05) is 4.43 Å². The number of aromatic nitrogens is 5. The smallest absolute Gasteiger partial charge is 0.157 e. The molecule has 1 N–H and O–H groups in total. The minimum absolute atomic E-state index is 0.476. The van der Waals surface area contributed by atoms with Crippen LogP contribution in [0.4, 0.5) is 0 Å². The Kier molecular flexibility index (Phi) is 3.44. The minimum atomic E-state index is -0.476. The quantitative estimate of drug-likeness (QED) is 0.666. The zero-order chi connectivity index (χ0) is 11.5. The van der Waals surface area contributed by atoms with E-state index in [-0.39, 0.29) is 0 Å². The first-order chi connectivity index (χ1) is 7.72. The molecule has 0 bridgehead atoms. The van der Waals surface area contributed by atoms with Crippen LogP contribution >= 0.6 is 22.6 Å². The average Bonchev–Trinajstić information content (AvgIpc) is 2.81. The maximum Gasteiger partial charge on any atom is 0.157 e. The third kappa shape index (κ3) is 2.19. The summed E-state index contributed by atoms with van der Waals surface area (Å²) in [5, 5.41) is 20.6. The molecule has 16 heavy (non-hydrogen) atoms. The predicted molar refractivity (Wildman–Crippen MR) is 65.5 cm³/mol. The lowest BCUT2D eigenvalue weighted by Gasteiger charge is -2.10. The summed E-state index contributed by atoms with van der Waals surface area (Å²) < 4.78 is 2.12. The molecule has 7 heteroatoms. The van der Waals surface area contributed by atoms with Crippen molar-refractivity contribution >= 4 is 22.6 Å². The van der Waals surface area contributed by atoms with Gasteiger partial charge in [0.1, 0.15) is 6.33 Å². The van der Waals surface area contributed by atoms with Crippen LogP contribution in [0, 0.1) is 6.92 Å². The first-order valence-corrected chi connectivity index (χ1v) is 6.20. The fraction of sp³-hybridized carbons (Fsp3) is 0.333. The Balaban J connectivity index is 2.37. The number of halogens is 1. The molecular weight excluding hydrogens is 321 g/mol. The molecule has 2 rings (SSSR count). The molecule has 2 aromatic heterocycles. The van der Waals surface area contributed by atoms with Crippen molar-refractivity contribution in [1.29, 1.82) is 0 Å². The van der Waals surface area contributed by atoms with Crippen LogP contribution in [0.1, 0.15) is 17.4 Å². The molecule has 0 amide bonds. The number of aryl methyl sites for hydroxylation is 1. The topological polar surface area (TPSA) is 76.7 Å². The summed E-state index contributed by atoms with van der Waals surface area (Å²) in [6, 6.07) is 3.64.